The molecule has 2 fully saturated rings. The number of methoxy groups -OCH3 is 1. The highest BCUT2D eigenvalue weighted by atomic mass is 16.5. The molecular formula is C45H50N8O4. The Balaban J connectivity index is 0.989. The van der Waals surface area contributed by atoms with Gasteiger partial charge in [0, 0.05) is 18.7 Å². The SMILES string of the molecule is COC(=O)N[C@H](C(=O)N1CCC[C@H]1c1ncc(-c2ccc3cc(-c4ccc5nc([C@@H]6CCCN6C(=O)[C@@H](c6ccccc6)N(C)C)[nH]c5c4)ccc3c2)[nH]1)C(C)C. The lowest BCUT2D eigenvalue weighted by molar-refractivity contribution is -0.137. The Bertz CT molecular complexity index is 2420. The van der Waals surface area contributed by atoms with Gasteiger partial charge in [0.15, 0.2) is 0 Å². The number of hydrogen-bond donors (Lipinski definition) is 3. The van der Waals surface area contributed by atoms with Crippen LogP contribution in [-0.4, -0.2) is 92.9 Å². The first-order chi connectivity index (χ1) is 27.6. The number of hydrogen-bond acceptors (Lipinski definition) is 7. The quantitative estimate of drug-likeness (QED) is 0.129. The third kappa shape index (κ3) is 7.49. The number of likely N-dealkylation sites (tertiary alicyclic amines) is 2. The van der Waals surface area contributed by atoms with E-state index in [1.807, 2.05) is 79.2 Å². The van der Waals surface area contributed by atoms with E-state index in [1.54, 1.807) is 0 Å². The molecule has 6 aromatic rings. The molecular weight excluding hydrogens is 717 g/mol. The number of benzene rings is 4. The maximum absolute atomic E-state index is 14.0. The molecule has 4 aromatic carbocycles. The van der Waals surface area contributed by atoms with Crippen molar-refractivity contribution in [3.8, 4) is 22.4 Å². The number of amides is 3. The molecule has 2 saturated heterocycles. The summed E-state index contributed by atoms with van der Waals surface area (Å²) in [6.07, 6.45) is 4.66. The lowest BCUT2D eigenvalue weighted by Gasteiger charge is -2.31. The summed E-state index contributed by atoms with van der Waals surface area (Å²) >= 11 is 0. The fraction of sp³-hybridized carbons (Fsp3) is 0.356. The van der Waals surface area contributed by atoms with Crippen LogP contribution in [0, 0.1) is 5.92 Å². The van der Waals surface area contributed by atoms with Gasteiger partial charge in [0.25, 0.3) is 0 Å². The Morgan fingerprint density at radius 1 is 0.789 bits per heavy atom. The van der Waals surface area contributed by atoms with Gasteiger partial charge in [0.2, 0.25) is 11.8 Å². The van der Waals surface area contributed by atoms with Gasteiger partial charge in [-0.25, -0.2) is 14.8 Å². The van der Waals surface area contributed by atoms with E-state index in [9.17, 15) is 14.4 Å². The Morgan fingerprint density at radius 2 is 1.42 bits per heavy atom. The minimum Gasteiger partial charge on any atom is -0.453 e. The van der Waals surface area contributed by atoms with Crippen LogP contribution in [0.3, 0.4) is 0 Å². The number of imidazole rings is 2. The maximum Gasteiger partial charge on any atom is 0.407 e. The number of aromatic amines is 2. The summed E-state index contributed by atoms with van der Waals surface area (Å²) in [4.78, 5) is 62.2. The standard InChI is InChI=1S/C45H50N8O4/c1-27(2)39(50-45(56)57-5)43(54)52-21-9-13-37(52)41-46-26-36(49-41)33-18-17-29-23-30(15-16-31(29)24-33)32-19-20-34-35(25-32)48-42(47-34)38-14-10-22-53(38)44(55)40(51(3)4)28-11-7-6-8-12-28/h6-8,11-12,15-20,23-27,37-40H,9-10,13-14,21-22H2,1-5H3,(H,46,49)(H,47,48)(H,50,56)/t37-,38-,39-,40+/m0/s1. The van der Waals surface area contributed by atoms with Crippen LogP contribution in [-0.2, 0) is 14.3 Å². The third-order valence-electron chi connectivity index (χ3n) is 11.5. The Kier molecular flexibility index (Phi) is 10.5. The zero-order valence-corrected chi connectivity index (χ0v) is 33.2. The number of carbonyl (C=O) groups excluding carboxylic acids is 3. The van der Waals surface area contributed by atoms with Crippen molar-refractivity contribution in [2.75, 3.05) is 34.3 Å². The molecule has 2 aliphatic rings. The van der Waals surface area contributed by atoms with Crippen molar-refractivity contribution in [3.05, 3.63) is 108 Å². The molecule has 0 aliphatic carbocycles. The van der Waals surface area contributed by atoms with Crippen molar-refractivity contribution in [3.63, 3.8) is 0 Å². The number of fused-ring (bicyclic) bond motifs is 2. The van der Waals surface area contributed by atoms with Gasteiger partial charge < -0.3 is 29.8 Å². The van der Waals surface area contributed by atoms with Crippen LogP contribution in [0.15, 0.2) is 91.1 Å². The molecule has 12 nitrogen and oxygen atoms in total. The Hall–Kier alpha value is -6.01. The van der Waals surface area contributed by atoms with E-state index >= 15 is 0 Å². The van der Waals surface area contributed by atoms with Gasteiger partial charge in [-0.05, 0) is 97.4 Å². The van der Waals surface area contributed by atoms with Gasteiger partial charge in [0.05, 0.1) is 42.1 Å². The molecule has 294 valence electrons. The molecule has 4 heterocycles. The summed E-state index contributed by atoms with van der Waals surface area (Å²) in [6.45, 7) is 5.13. The Morgan fingerprint density at radius 3 is 2.11 bits per heavy atom. The van der Waals surface area contributed by atoms with Crippen molar-refractivity contribution in [2.45, 2.75) is 63.7 Å². The van der Waals surface area contributed by atoms with Crippen LogP contribution in [0.2, 0.25) is 0 Å². The van der Waals surface area contributed by atoms with E-state index in [0.717, 1.165) is 87.1 Å². The number of likely N-dealkylation sites (N-methyl/N-ethyl adjacent to an activating group) is 1. The molecule has 2 aliphatic heterocycles. The zero-order valence-electron chi connectivity index (χ0n) is 33.2. The van der Waals surface area contributed by atoms with Gasteiger partial charge in [-0.2, -0.15) is 0 Å². The lowest BCUT2D eigenvalue weighted by atomic mass is 9.99. The first-order valence-corrected chi connectivity index (χ1v) is 19.9. The van der Waals surface area contributed by atoms with Crippen LogP contribution in [0.5, 0.6) is 0 Å². The van der Waals surface area contributed by atoms with Gasteiger partial charge >= 0.3 is 6.09 Å². The predicted octanol–water partition coefficient (Wildman–Crippen LogP) is 7.78. The minimum absolute atomic E-state index is 0.0979. The summed E-state index contributed by atoms with van der Waals surface area (Å²) in [6, 6.07) is 27.8. The van der Waals surface area contributed by atoms with E-state index in [0.29, 0.717) is 13.1 Å². The van der Waals surface area contributed by atoms with Crippen LogP contribution < -0.4 is 5.32 Å². The molecule has 3 amide bonds. The second-order valence-corrected chi connectivity index (χ2v) is 15.8. The summed E-state index contributed by atoms with van der Waals surface area (Å²) in [7, 11) is 5.21. The largest absolute Gasteiger partial charge is 0.453 e. The third-order valence-corrected chi connectivity index (χ3v) is 11.5. The van der Waals surface area contributed by atoms with Crippen molar-refractivity contribution >= 4 is 39.7 Å². The highest BCUT2D eigenvalue weighted by Crippen LogP contribution is 2.37. The minimum atomic E-state index is -0.682. The number of ether oxygens (including phenoxy) is 1. The summed E-state index contributed by atoms with van der Waals surface area (Å²) in [5, 5.41) is 4.92. The van der Waals surface area contributed by atoms with Crippen molar-refractivity contribution in [2.24, 2.45) is 5.92 Å². The van der Waals surface area contributed by atoms with Crippen LogP contribution in [0.25, 0.3) is 44.2 Å². The molecule has 0 unspecified atom stereocenters. The first kappa shape index (κ1) is 37.9. The van der Waals surface area contributed by atoms with Crippen LogP contribution in [0.1, 0.15) is 74.9 Å². The zero-order chi connectivity index (χ0) is 39.8. The molecule has 0 saturated carbocycles. The maximum atomic E-state index is 14.0. The molecule has 0 bridgehead atoms. The molecule has 4 atom stereocenters. The van der Waals surface area contributed by atoms with E-state index in [1.165, 1.54) is 7.11 Å². The molecule has 57 heavy (non-hydrogen) atoms. The predicted molar refractivity (Wildman–Crippen MR) is 221 cm³/mol. The number of carbonyl (C=O) groups is 3. The molecule has 12 heteroatoms. The van der Waals surface area contributed by atoms with Crippen molar-refractivity contribution < 1.29 is 19.1 Å². The summed E-state index contributed by atoms with van der Waals surface area (Å²) < 4.78 is 4.78. The van der Waals surface area contributed by atoms with E-state index in [2.05, 4.69) is 69.9 Å². The van der Waals surface area contributed by atoms with E-state index in [4.69, 9.17) is 14.7 Å². The fourth-order valence-electron chi connectivity index (χ4n) is 8.57. The summed E-state index contributed by atoms with van der Waals surface area (Å²) in [5.74, 6) is 1.43. The van der Waals surface area contributed by atoms with Crippen LogP contribution in [0.4, 0.5) is 4.79 Å². The number of rotatable bonds is 10. The summed E-state index contributed by atoms with van der Waals surface area (Å²) in [5.41, 5.74) is 6.87. The van der Waals surface area contributed by atoms with Gasteiger partial charge in [0.1, 0.15) is 23.7 Å². The fourth-order valence-corrected chi connectivity index (χ4v) is 8.57. The average molecular weight is 767 g/mol. The topological polar surface area (TPSA) is 140 Å². The second kappa shape index (κ2) is 15.9. The number of aromatic nitrogens is 4. The molecule has 3 N–H and O–H groups in total. The van der Waals surface area contributed by atoms with Gasteiger partial charge in [-0.3, -0.25) is 14.5 Å². The van der Waals surface area contributed by atoms with Crippen LogP contribution >= 0.6 is 0 Å². The Labute approximate surface area is 332 Å². The normalized spacial score (nSPS) is 18.2. The number of H-pyrrole nitrogens is 2. The lowest BCUT2D eigenvalue weighted by Crippen LogP contribution is -2.51. The van der Waals surface area contributed by atoms with Gasteiger partial charge in [-0.15, -0.1) is 0 Å². The van der Waals surface area contributed by atoms with E-state index in [-0.39, 0.29) is 35.9 Å². The first-order valence-electron chi connectivity index (χ1n) is 19.9. The van der Waals surface area contributed by atoms with Crippen molar-refractivity contribution in [1.82, 2.24) is 40.0 Å². The highest BCUT2D eigenvalue weighted by molar-refractivity contribution is 5.92. The highest BCUT2D eigenvalue weighted by Gasteiger charge is 2.38. The monoisotopic (exact) mass is 766 g/mol. The second-order valence-electron chi connectivity index (χ2n) is 15.8. The average Bonchev–Trinajstić information content (AvgIpc) is 4.05. The number of nitrogens with one attached hydrogen (secondary N) is 3. The smallest absolute Gasteiger partial charge is 0.407 e. The van der Waals surface area contributed by atoms with Crippen molar-refractivity contribution in [1.29, 1.82) is 0 Å². The number of alkyl carbamates (subject to hydrolysis) is 1. The molecule has 8 rings (SSSR count). The van der Waals surface area contributed by atoms with E-state index < -0.39 is 12.1 Å². The molecule has 0 radical (unpaired) electrons. The molecule has 0 spiro atoms. The number of nitrogens with zero attached hydrogens (tertiary/aromatic N) is 5. The van der Waals surface area contributed by atoms with Gasteiger partial charge in [-0.1, -0.05) is 74.5 Å². The molecule has 2 aromatic heterocycles.